The number of alkyl halides is 1. The minimum Gasteiger partial charge on any atom is -0.495 e. The van der Waals surface area contributed by atoms with E-state index < -0.39 is 4.92 Å². The molecule has 0 aliphatic carbocycles. The average Bonchev–Trinajstić information content (AvgIpc) is 2.67. The number of benzene rings is 1. The van der Waals surface area contributed by atoms with Gasteiger partial charge in [-0.05, 0) is 6.07 Å². The molecule has 1 fully saturated rings. The number of nitro benzene ring substituents is 1. The molecule has 0 spiro atoms. The van der Waals surface area contributed by atoms with Gasteiger partial charge < -0.3 is 9.64 Å². The molecule has 0 bridgehead atoms. The summed E-state index contributed by atoms with van der Waals surface area (Å²) in [5.41, 5.74) is 0.302. The molecule has 1 aromatic carbocycles. The quantitative estimate of drug-likeness (QED) is 0.478. The van der Waals surface area contributed by atoms with Crippen LogP contribution in [0.4, 0.5) is 11.4 Å². The fourth-order valence-corrected chi connectivity index (χ4v) is 2.17. The largest absolute Gasteiger partial charge is 0.495 e. The van der Waals surface area contributed by atoms with Crippen molar-refractivity contribution in [3.8, 4) is 5.75 Å². The number of amides is 1. The number of nitro groups is 1. The second kappa shape index (κ2) is 4.81. The van der Waals surface area contributed by atoms with Gasteiger partial charge in [-0.1, -0.05) is 0 Å². The van der Waals surface area contributed by atoms with Crippen LogP contribution in [0.15, 0.2) is 18.2 Å². The Labute approximate surface area is 108 Å². The van der Waals surface area contributed by atoms with Crippen molar-refractivity contribution in [2.45, 2.75) is 11.8 Å². The van der Waals surface area contributed by atoms with E-state index in [0.29, 0.717) is 18.0 Å². The zero-order valence-corrected chi connectivity index (χ0v) is 10.4. The molecule has 0 radical (unpaired) electrons. The van der Waals surface area contributed by atoms with E-state index in [0.717, 1.165) is 0 Å². The third-order valence-corrected chi connectivity index (χ3v) is 3.03. The molecule has 2 rings (SSSR count). The fraction of sp³-hybridized carbons (Fsp3) is 0.364. The summed E-state index contributed by atoms with van der Waals surface area (Å²) in [7, 11) is 1.45. The van der Waals surface area contributed by atoms with Gasteiger partial charge in [-0.3, -0.25) is 14.9 Å². The molecule has 1 atom stereocenters. The monoisotopic (exact) mass is 270 g/mol. The lowest BCUT2D eigenvalue weighted by molar-refractivity contribution is -0.384. The van der Waals surface area contributed by atoms with Crippen LogP contribution in [0.2, 0.25) is 0 Å². The van der Waals surface area contributed by atoms with Gasteiger partial charge in [0.2, 0.25) is 5.91 Å². The molecule has 1 saturated heterocycles. The van der Waals surface area contributed by atoms with E-state index in [1.807, 2.05) is 0 Å². The Bertz CT molecular complexity index is 506. The Hall–Kier alpha value is -1.82. The number of carbonyl (C=O) groups excluding carboxylic acids is 1. The number of non-ortho nitro benzene ring substituents is 1. The van der Waals surface area contributed by atoms with Crippen LogP contribution in [-0.2, 0) is 4.79 Å². The molecule has 1 aliphatic heterocycles. The Kier molecular flexibility index (Phi) is 3.38. The van der Waals surface area contributed by atoms with Crippen molar-refractivity contribution < 1.29 is 14.5 Å². The minimum absolute atomic E-state index is 0.0865. The molecule has 0 N–H and O–H groups in total. The van der Waals surface area contributed by atoms with Gasteiger partial charge in [0.25, 0.3) is 5.69 Å². The second-order valence-electron chi connectivity index (χ2n) is 3.92. The van der Waals surface area contributed by atoms with E-state index in [4.69, 9.17) is 16.3 Å². The van der Waals surface area contributed by atoms with Crippen LogP contribution in [-0.4, -0.2) is 29.9 Å². The standard InChI is InChI=1S/C11H11ClN2O4/c1-18-10-3-2-8(14(16)17)5-9(10)13-6-7(12)4-11(13)15/h2-3,5,7H,4,6H2,1H3. The van der Waals surface area contributed by atoms with Gasteiger partial charge in [0.15, 0.2) is 0 Å². The third kappa shape index (κ3) is 2.24. The Morgan fingerprint density at radius 1 is 1.56 bits per heavy atom. The zero-order valence-electron chi connectivity index (χ0n) is 9.63. The van der Waals surface area contributed by atoms with Crippen LogP contribution in [0.5, 0.6) is 5.75 Å². The number of rotatable bonds is 3. The van der Waals surface area contributed by atoms with E-state index >= 15 is 0 Å². The Morgan fingerprint density at radius 3 is 2.78 bits per heavy atom. The van der Waals surface area contributed by atoms with E-state index in [9.17, 15) is 14.9 Å². The maximum Gasteiger partial charge on any atom is 0.271 e. The normalized spacial score (nSPS) is 19.1. The zero-order chi connectivity index (χ0) is 13.3. The number of nitrogens with zero attached hydrogens (tertiary/aromatic N) is 2. The van der Waals surface area contributed by atoms with Crippen LogP contribution >= 0.6 is 11.6 Å². The van der Waals surface area contributed by atoms with Gasteiger partial charge in [0.05, 0.1) is 23.1 Å². The molecule has 96 valence electrons. The highest BCUT2D eigenvalue weighted by molar-refractivity contribution is 6.24. The van der Waals surface area contributed by atoms with Gasteiger partial charge in [-0.25, -0.2) is 0 Å². The molecule has 7 heteroatoms. The average molecular weight is 271 g/mol. The first-order valence-electron chi connectivity index (χ1n) is 5.29. The highest BCUT2D eigenvalue weighted by Crippen LogP contribution is 2.35. The first-order valence-corrected chi connectivity index (χ1v) is 5.73. The van der Waals surface area contributed by atoms with Crippen molar-refractivity contribution >= 4 is 28.9 Å². The summed E-state index contributed by atoms with van der Waals surface area (Å²) in [6.07, 6.45) is 0.230. The van der Waals surface area contributed by atoms with Crippen LogP contribution in [0.25, 0.3) is 0 Å². The van der Waals surface area contributed by atoms with Crippen molar-refractivity contribution in [2.24, 2.45) is 0 Å². The van der Waals surface area contributed by atoms with Crippen LogP contribution in [0.3, 0.4) is 0 Å². The maximum atomic E-state index is 11.8. The van der Waals surface area contributed by atoms with Gasteiger partial charge in [0, 0.05) is 25.1 Å². The van der Waals surface area contributed by atoms with Crippen LogP contribution in [0.1, 0.15) is 6.42 Å². The van der Waals surface area contributed by atoms with Gasteiger partial charge >= 0.3 is 0 Å². The summed E-state index contributed by atoms with van der Waals surface area (Å²) in [4.78, 5) is 23.4. The smallest absolute Gasteiger partial charge is 0.271 e. The molecule has 1 unspecified atom stereocenters. The minimum atomic E-state index is -0.512. The Balaban J connectivity index is 2.44. The first kappa shape index (κ1) is 12.6. The Morgan fingerprint density at radius 2 is 2.28 bits per heavy atom. The fourth-order valence-electron chi connectivity index (χ4n) is 1.90. The highest BCUT2D eigenvalue weighted by atomic mass is 35.5. The molecule has 1 aromatic rings. The molecule has 0 saturated carbocycles. The molecule has 1 amide bonds. The number of ether oxygens (including phenoxy) is 1. The predicted octanol–water partition coefficient (Wildman–Crippen LogP) is 1.95. The van der Waals surface area contributed by atoms with Crippen LogP contribution < -0.4 is 9.64 Å². The summed E-state index contributed by atoms with van der Waals surface area (Å²) in [6.45, 7) is 0.331. The van der Waals surface area contributed by atoms with E-state index in [1.165, 1.54) is 30.2 Å². The molecule has 6 nitrogen and oxygen atoms in total. The van der Waals surface area contributed by atoms with E-state index in [1.54, 1.807) is 0 Å². The second-order valence-corrected chi connectivity index (χ2v) is 4.54. The molecule has 1 aliphatic rings. The number of hydrogen-bond acceptors (Lipinski definition) is 4. The van der Waals surface area contributed by atoms with Crippen molar-refractivity contribution in [1.29, 1.82) is 0 Å². The number of hydrogen-bond donors (Lipinski definition) is 0. The number of halogens is 1. The van der Waals surface area contributed by atoms with Crippen molar-refractivity contribution in [3.05, 3.63) is 28.3 Å². The van der Waals surface area contributed by atoms with Crippen LogP contribution in [0, 0.1) is 10.1 Å². The predicted molar refractivity (Wildman–Crippen MR) is 66.3 cm³/mol. The number of anilines is 1. The van der Waals surface area contributed by atoms with Gasteiger partial charge in [0.1, 0.15) is 5.75 Å². The van der Waals surface area contributed by atoms with Gasteiger partial charge in [-0.2, -0.15) is 0 Å². The molecule has 1 heterocycles. The number of methoxy groups -OCH3 is 1. The third-order valence-electron chi connectivity index (χ3n) is 2.74. The van der Waals surface area contributed by atoms with Crippen molar-refractivity contribution in [1.82, 2.24) is 0 Å². The van der Waals surface area contributed by atoms with E-state index in [-0.39, 0.29) is 23.4 Å². The first-order chi connectivity index (χ1) is 8.52. The maximum absolute atomic E-state index is 11.8. The van der Waals surface area contributed by atoms with Gasteiger partial charge in [-0.15, -0.1) is 11.6 Å². The number of carbonyl (C=O) groups is 1. The lowest BCUT2D eigenvalue weighted by atomic mass is 10.2. The lowest BCUT2D eigenvalue weighted by Gasteiger charge is -2.18. The summed E-state index contributed by atoms with van der Waals surface area (Å²) in [6, 6.07) is 4.13. The van der Waals surface area contributed by atoms with Crippen molar-refractivity contribution in [3.63, 3.8) is 0 Å². The summed E-state index contributed by atoms with van der Waals surface area (Å²) >= 11 is 5.91. The molecular formula is C11H11ClN2O4. The molecule has 18 heavy (non-hydrogen) atoms. The molecule has 0 aromatic heterocycles. The SMILES string of the molecule is COc1ccc([N+](=O)[O-])cc1N1CC(Cl)CC1=O. The van der Waals surface area contributed by atoms with E-state index in [2.05, 4.69) is 0 Å². The van der Waals surface area contributed by atoms with Crippen molar-refractivity contribution in [2.75, 3.05) is 18.6 Å². The summed E-state index contributed by atoms with van der Waals surface area (Å²) < 4.78 is 5.12. The lowest BCUT2D eigenvalue weighted by Crippen LogP contribution is -2.25. The highest BCUT2D eigenvalue weighted by Gasteiger charge is 2.31. The molecular weight excluding hydrogens is 260 g/mol. The summed E-state index contributed by atoms with van der Waals surface area (Å²) in [5, 5.41) is 10.5. The topological polar surface area (TPSA) is 72.7 Å². The summed E-state index contributed by atoms with van der Waals surface area (Å²) in [5.74, 6) is 0.258.